The molecule has 0 spiro atoms. The highest BCUT2D eigenvalue weighted by Crippen LogP contribution is 2.48. The molecule has 5 aromatic rings. The lowest BCUT2D eigenvalue weighted by molar-refractivity contribution is -0.0188. The molecule has 52 heavy (non-hydrogen) atoms. The topological polar surface area (TPSA) is 284 Å². The second kappa shape index (κ2) is 12.1. The highest BCUT2D eigenvalue weighted by Gasteiger charge is 2.39. The number of ether oxygens (including phenoxy) is 3. The Balaban J connectivity index is 1.41. The molecule has 268 valence electrons. The van der Waals surface area contributed by atoms with E-state index in [2.05, 4.69) is 0 Å². The number of carbonyl (C=O) groups excluding carboxylic acids is 1. The fraction of sp³-hybridized carbons (Fsp3) is 0.167. The molecular formula is C36H28O16. The van der Waals surface area contributed by atoms with Crippen molar-refractivity contribution in [1.82, 2.24) is 0 Å². The van der Waals surface area contributed by atoms with E-state index in [1.165, 1.54) is 12.1 Å². The van der Waals surface area contributed by atoms with Gasteiger partial charge >= 0.3 is 5.97 Å². The van der Waals surface area contributed by atoms with E-state index >= 15 is 0 Å². The second-order valence-electron chi connectivity index (χ2n) is 12.4. The number of hydrogen-bond acceptors (Lipinski definition) is 16. The predicted octanol–water partition coefficient (Wildman–Crippen LogP) is 3.19. The van der Waals surface area contributed by atoms with Crippen LogP contribution >= 0.6 is 0 Å². The number of carbonyl (C=O) groups is 1. The molecule has 5 aromatic carbocycles. The molecule has 4 atom stereocenters. The molecular weight excluding hydrogens is 688 g/mol. The normalized spacial score (nSPS) is 19.2. The number of aliphatic hydroxyl groups excluding tert-OH is 1. The number of hydrogen-bond donors (Lipinski definition) is 11. The lowest BCUT2D eigenvalue weighted by atomic mass is 9.90. The second-order valence-corrected chi connectivity index (χ2v) is 12.4. The molecule has 0 fully saturated rings. The van der Waals surface area contributed by atoms with Crippen molar-refractivity contribution in [3.05, 3.63) is 92.6 Å². The summed E-state index contributed by atoms with van der Waals surface area (Å²) in [5, 5.41) is 114. The molecule has 2 aliphatic heterocycles. The standard InChI is InChI=1S/C36H28O16/c37-14-5-20(39)18-10-26(45)35(51-27(18)7-14)17-9-25(44)33(48)30-16(17)1-12(2-24(43)32(30)47)34-29(11-19-21(40)6-15(38)8-28(19)50-34)52-36(49)13-3-22(41)31(46)23(42)4-13/h1-9,26,29,34-35,37-42,44-46,48H,10-11H2,(H,43,47). The maximum atomic E-state index is 13.6. The summed E-state index contributed by atoms with van der Waals surface area (Å²) in [7, 11) is 0. The van der Waals surface area contributed by atoms with E-state index in [1.54, 1.807) is 0 Å². The fourth-order valence-corrected chi connectivity index (χ4v) is 6.53. The number of fused-ring (bicyclic) bond motifs is 3. The van der Waals surface area contributed by atoms with E-state index in [0.29, 0.717) is 0 Å². The van der Waals surface area contributed by atoms with Crippen molar-refractivity contribution in [3.8, 4) is 69.0 Å². The first-order valence-electron chi connectivity index (χ1n) is 15.4. The Morgan fingerprint density at radius 3 is 1.79 bits per heavy atom. The molecule has 0 saturated carbocycles. The number of benzene rings is 4. The molecule has 0 aromatic heterocycles. The Morgan fingerprint density at radius 1 is 0.615 bits per heavy atom. The van der Waals surface area contributed by atoms with Crippen molar-refractivity contribution in [1.29, 1.82) is 0 Å². The van der Waals surface area contributed by atoms with Gasteiger partial charge in [-0.1, -0.05) is 0 Å². The third-order valence-electron chi connectivity index (χ3n) is 8.98. The van der Waals surface area contributed by atoms with E-state index < -0.39 is 92.8 Å². The van der Waals surface area contributed by atoms with Crippen molar-refractivity contribution < 1.29 is 75.2 Å². The molecule has 0 amide bonds. The van der Waals surface area contributed by atoms with Crippen LogP contribution in [-0.4, -0.2) is 74.3 Å². The van der Waals surface area contributed by atoms with Crippen molar-refractivity contribution in [2.24, 2.45) is 0 Å². The van der Waals surface area contributed by atoms with E-state index in [-0.39, 0.29) is 63.5 Å². The summed E-state index contributed by atoms with van der Waals surface area (Å²) < 4.78 is 17.8. The van der Waals surface area contributed by atoms with Crippen LogP contribution in [0.3, 0.4) is 0 Å². The summed E-state index contributed by atoms with van der Waals surface area (Å²) in [6.45, 7) is 0. The van der Waals surface area contributed by atoms with E-state index in [9.17, 15) is 65.8 Å². The van der Waals surface area contributed by atoms with E-state index in [0.717, 1.165) is 42.5 Å². The van der Waals surface area contributed by atoms with Crippen LogP contribution in [0.25, 0.3) is 10.8 Å². The van der Waals surface area contributed by atoms with Crippen LogP contribution in [-0.2, 0) is 17.6 Å². The first kappa shape index (κ1) is 33.6. The molecule has 11 N–H and O–H groups in total. The lowest BCUT2D eigenvalue weighted by Gasteiger charge is -2.34. The SMILES string of the molecule is O=C(OC1Cc2c(O)cc(O)cc2OC1c1cc(O)c(=O)c2c(O)c(O)cc(C3Oc4cc(O)cc(O)c4CC3O)c2c1)c1cc(O)c(O)c(O)c1. The third-order valence-corrected chi connectivity index (χ3v) is 8.98. The van der Waals surface area contributed by atoms with E-state index in [1.807, 2.05) is 0 Å². The van der Waals surface area contributed by atoms with Crippen LogP contribution in [0.4, 0.5) is 0 Å². The average molecular weight is 717 g/mol. The van der Waals surface area contributed by atoms with Crippen molar-refractivity contribution in [2.75, 3.05) is 0 Å². The summed E-state index contributed by atoms with van der Waals surface area (Å²) in [6.07, 6.45) is -6.28. The average Bonchev–Trinajstić information content (AvgIpc) is 3.20. The summed E-state index contributed by atoms with van der Waals surface area (Å²) in [4.78, 5) is 27.0. The summed E-state index contributed by atoms with van der Waals surface area (Å²) in [6, 6.07) is 9.20. The van der Waals surface area contributed by atoms with Crippen molar-refractivity contribution in [3.63, 3.8) is 0 Å². The number of aromatic hydroxyl groups is 10. The van der Waals surface area contributed by atoms with Gasteiger partial charge in [0.2, 0.25) is 5.43 Å². The molecule has 0 radical (unpaired) electrons. The number of phenols is 9. The molecule has 16 heteroatoms. The van der Waals surface area contributed by atoms with Gasteiger partial charge in [-0.25, -0.2) is 4.79 Å². The number of phenolic OH excluding ortho intramolecular Hbond substituents is 9. The molecule has 0 aliphatic carbocycles. The minimum atomic E-state index is -1.48. The molecule has 2 aliphatic rings. The zero-order chi connectivity index (χ0) is 37.3. The van der Waals surface area contributed by atoms with Crippen LogP contribution in [0, 0.1) is 0 Å². The van der Waals surface area contributed by atoms with Gasteiger partial charge in [-0.2, -0.15) is 0 Å². The van der Waals surface area contributed by atoms with Gasteiger partial charge in [0.15, 0.2) is 46.7 Å². The summed E-state index contributed by atoms with van der Waals surface area (Å²) in [5.74, 6) is -8.17. The van der Waals surface area contributed by atoms with Crippen LogP contribution in [0.2, 0.25) is 0 Å². The maximum Gasteiger partial charge on any atom is 0.338 e. The first-order valence-corrected chi connectivity index (χ1v) is 15.4. The first-order chi connectivity index (χ1) is 24.6. The number of rotatable bonds is 4. The Morgan fingerprint density at radius 2 is 1.17 bits per heavy atom. The lowest BCUT2D eigenvalue weighted by Crippen LogP contribution is -2.34. The highest BCUT2D eigenvalue weighted by molar-refractivity contribution is 5.94. The third kappa shape index (κ3) is 5.56. The van der Waals surface area contributed by atoms with Gasteiger partial charge in [0.05, 0.1) is 17.1 Å². The summed E-state index contributed by atoms with van der Waals surface area (Å²) in [5.41, 5.74) is -1.58. The number of esters is 1. The predicted molar refractivity (Wildman–Crippen MR) is 176 cm³/mol. The molecule has 4 unspecified atom stereocenters. The number of aliphatic hydroxyl groups is 1. The van der Waals surface area contributed by atoms with Crippen LogP contribution in [0.5, 0.6) is 69.0 Å². The van der Waals surface area contributed by atoms with Gasteiger partial charge < -0.3 is 70.4 Å². The molecule has 7 rings (SSSR count). The van der Waals surface area contributed by atoms with Gasteiger partial charge in [-0.05, 0) is 35.7 Å². The van der Waals surface area contributed by atoms with Gasteiger partial charge in [-0.3, -0.25) is 4.79 Å². The van der Waals surface area contributed by atoms with Gasteiger partial charge in [-0.15, -0.1) is 0 Å². The monoisotopic (exact) mass is 716 g/mol. The largest absolute Gasteiger partial charge is 0.508 e. The van der Waals surface area contributed by atoms with Crippen LogP contribution in [0.15, 0.2) is 59.4 Å². The highest BCUT2D eigenvalue weighted by atomic mass is 16.6. The molecule has 0 bridgehead atoms. The van der Waals surface area contributed by atoms with E-state index in [4.69, 9.17) is 14.2 Å². The van der Waals surface area contributed by atoms with Crippen molar-refractivity contribution in [2.45, 2.75) is 37.3 Å². The summed E-state index contributed by atoms with van der Waals surface area (Å²) >= 11 is 0. The Hall–Kier alpha value is -6.94. The Labute approximate surface area is 290 Å². The zero-order valence-corrected chi connectivity index (χ0v) is 26.4. The minimum Gasteiger partial charge on any atom is -0.508 e. The Bertz CT molecular complexity index is 2370. The quantitative estimate of drug-likeness (QED) is 0.0940. The molecule has 16 nitrogen and oxygen atoms in total. The van der Waals surface area contributed by atoms with Crippen molar-refractivity contribution >= 4 is 16.7 Å². The van der Waals surface area contributed by atoms with Crippen LogP contribution in [0.1, 0.15) is 44.8 Å². The minimum absolute atomic E-state index is 0.0376. The van der Waals surface area contributed by atoms with Gasteiger partial charge in [0.25, 0.3) is 0 Å². The molecule has 0 saturated heterocycles. The smallest absolute Gasteiger partial charge is 0.338 e. The maximum absolute atomic E-state index is 13.6. The fourth-order valence-electron chi connectivity index (χ4n) is 6.53. The Kier molecular flexibility index (Phi) is 7.83. The van der Waals surface area contributed by atoms with Crippen LogP contribution < -0.4 is 14.9 Å². The molecule has 2 heterocycles. The zero-order valence-electron chi connectivity index (χ0n) is 26.4. The van der Waals surface area contributed by atoms with Gasteiger partial charge in [0.1, 0.15) is 40.6 Å². The van der Waals surface area contributed by atoms with Gasteiger partial charge in [0, 0.05) is 59.4 Å².